The predicted octanol–water partition coefficient (Wildman–Crippen LogP) is 3.79. The first-order valence-corrected chi connectivity index (χ1v) is 6.95. The Balaban J connectivity index is 2.09. The van der Waals surface area contributed by atoms with Crippen LogP contribution in [0.2, 0.25) is 5.02 Å². The molecule has 0 aliphatic carbocycles. The van der Waals surface area contributed by atoms with E-state index in [1.807, 2.05) is 5.38 Å². The zero-order chi connectivity index (χ0) is 12.3. The molecule has 0 atom stereocenters. The van der Waals surface area contributed by atoms with E-state index < -0.39 is 5.97 Å². The van der Waals surface area contributed by atoms with Gasteiger partial charge in [0.05, 0.1) is 5.56 Å². The van der Waals surface area contributed by atoms with Gasteiger partial charge in [-0.1, -0.05) is 29.4 Å². The molecule has 0 amide bonds. The van der Waals surface area contributed by atoms with Crippen molar-refractivity contribution in [3.63, 3.8) is 0 Å². The number of carbonyl (C=O) groups is 1. The third-order valence-electron chi connectivity index (χ3n) is 2.06. The number of thiazole rings is 1. The molecule has 0 unspecified atom stereocenters. The second-order valence-electron chi connectivity index (χ2n) is 3.20. The highest BCUT2D eigenvalue weighted by atomic mass is 35.5. The quantitative estimate of drug-likeness (QED) is 0.869. The van der Waals surface area contributed by atoms with E-state index in [2.05, 4.69) is 4.98 Å². The number of aromatic nitrogens is 1. The van der Waals surface area contributed by atoms with Gasteiger partial charge in [0.15, 0.2) is 0 Å². The number of carboxylic acids is 1. The van der Waals surface area contributed by atoms with Crippen molar-refractivity contribution < 1.29 is 9.90 Å². The summed E-state index contributed by atoms with van der Waals surface area (Å²) in [7, 11) is 0. The van der Waals surface area contributed by atoms with Crippen molar-refractivity contribution in [1.82, 2.24) is 4.98 Å². The molecule has 0 spiro atoms. The molecule has 0 saturated heterocycles. The van der Waals surface area contributed by atoms with Crippen LogP contribution in [-0.4, -0.2) is 16.1 Å². The number of hydrogen-bond donors (Lipinski definition) is 1. The average molecular weight is 286 g/mol. The summed E-state index contributed by atoms with van der Waals surface area (Å²) in [4.78, 5) is 14.9. The molecule has 17 heavy (non-hydrogen) atoms. The van der Waals surface area contributed by atoms with Gasteiger partial charge >= 0.3 is 5.97 Å². The number of hydrogen-bond acceptors (Lipinski definition) is 4. The zero-order valence-corrected chi connectivity index (χ0v) is 11.0. The smallest absolute Gasteiger partial charge is 0.335 e. The molecule has 1 aromatic carbocycles. The molecule has 0 saturated carbocycles. The summed E-state index contributed by atoms with van der Waals surface area (Å²) in [6.45, 7) is 0. The predicted molar refractivity (Wildman–Crippen MR) is 70.1 cm³/mol. The first kappa shape index (κ1) is 12.4. The van der Waals surface area contributed by atoms with E-state index in [0.717, 1.165) is 9.90 Å². The highest BCUT2D eigenvalue weighted by Crippen LogP contribution is 2.28. The van der Waals surface area contributed by atoms with Gasteiger partial charge in [-0.05, 0) is 17.7 Å². The first-order chi connectivity index (χ1) is 8.16. The van der Waals surface area contributed by atoms with Gasteiger partial charge in [-0.3, -0.25) is 0 Å². The van der Waals surface area contributed by atoms with Crippen LogP contribution in [0, 0.1) is 0 Å². The maximum absolute atomic E-state index is 10.7. The summed E-state index contributed by atoms with van der Waals surface area (Å²) >= 11 is 9.17. The fourth-order valence-electron chi connectivity index (χ4n) is 1.22. The van der Waals surface area contributed by atoms with Crippen molar-refractivity contribution in [2.24, 2.45) is 0 Å². The maximum Gasteiger partial charge on any atom is 0.335 e. The van der Waals surface area contributed by atoms with E-state index in [0.29, 0.717) is 10.8 Å². The normalized spacial score (nSPS) is 10.4. The topological polar surface area (TPSA) is 50.2 Å². The minimum atomic E-state index is -0.967. The Morgan fingerprint density at radius 2 is 2.35 bits per heavy atom. The van der Waals surface area contributed by atoms with Crippen molar-refractivity contribution in [2.45, 2.75) is 10.1 Å². The molecule has 1 N–H and O–H groups in total. The van der Waals surface area contributed by atoms with E-state index >= 15 is 0 Å². The number of carboxylic acid groups (broad SMARTS) is 1. The van der Waals surface area contributed by atoms with Crippen LogP contribution in [0.25, 0.3) is 0 Å². The lowest BCUT2D eigenvalue weighted by Gasteiger charge is -2.03. The molecule has 2 rings (SSSR count). The van der Waals surface area contributed by atoms with Gasteiger partial charge < -0.3 is 5.11 Å². The summed E-state index contributed by atoms with van der Waals surface area (Å²) < 4.78 is 0.975. The van der Waals surface area contributed by atoms with Crippen molar-refractivity contribution in [3.05, 3.63) is 45.9 Å². The fraction of sp³-hybridized carbons (Fsp3) is 0.0909. The fourth-order valence-corrected chi connectivity index (χ4v) is 3.19. The van der Waals surface area contributed by atoms with Gasteiger partial charge in [0.2, 0.25) is 0 Å². The number of rotatable bonds is 4. The molecule has 6 heteroatoms. The van der Waals surface area contributed by atoms with Crippen molar-refractivity contribution >= 4 is 40.7 Å². The summed E-state index contributed by atoms with van der Waals surface area (Å²) in [6.07, 6.45) is 1.75. The Morgan fingerprint density at radius 3 is 2.94 bits per heavy atom. The number of halogens is 1. The highest BCUT2D eigenvalue weighted by molar-refractivity contribution is 8.00. The van der Waals surface area contributed by atoms with Gasteiger partial charge in [0, 0.05) is 22.4 Å². The van der Waals surface area contributed by atoms with E-state index in [4.69, 9.17) is 16.7 Å². The van der Waals surface area contributed by atoms with E-state index in [9.17, 15) is 4.79 Å². The molecule has 1 aromatic heterocycles. The van der Waals surface area contributed by atoms with Gasteiger partial charge in [-0.25, -0.2) is 9.78 Å². The second-order valence-corrected chi connectivity index (χ2v) is 5.72. The van der Waals surface area contributed by atoms with Crippen LogP contribution in [0.3, 0.4) is 0 Å². The van der Waals surface area contributed by atoms with Crippen LogP contribution in [0.4, 0.5) is 0 Å². The van der Waals surface area contributed by atoms with Crippen molar-refractivity contribution in [3.8, 4) is 0 Å². The van der Waals surface area contributed by atoms with Crippen molar-refractivity contribution in [2.75, 3.05) is 0 Å². The maximum atomic E-state index is 10.7. The first-order valence-electron chi connectivity index (χ1n) is 4.71. The molecule has 0 aliphatic rings. The third-order valence-corrected chi connectivity index (χ3v) is 4.43. The van der Waals surface area contributed by atoms with Gasteiger partial charge in [-0.15, -0.1) is 11.3 Å². The molecule has 0 bridgehead atoms. The average Bonchev–Trinajstić information content (AvgIpc) is 2.80. The van der Waals surface area contributed by atoms with Crippen LogP contribution in [-0.2, 0) is 5.75 Å². The van der Waals surface area contributed by atoms with E-state index in [1.165, 1.54) is 6.07 Å². The van der Waals surface area contributed by atoms with Crippen LogP contribution in [0.1, 0.15) is 15.9 Å². The number of aromatic carboxylic acids is 1. The lowest BCUT2D eigenvalue weighted by atomic mass is 10.1. The largest absolute Gasteiger partial charge is 0.478 e. The molecule has 88 valence electrons. The lowest BCUT2D eigenvalue weighted by Crippen LogP contribution is -1.96. The number of thioether (sulfide) groups is 1. The molecule has 0 fully saturated rings. The van der Waals surface area contributed by atoms with Crippen LogP contribution in [0.5, 0.6) is 0 Å². The van der Waals surface area contributed by atoms with Crippen LogP contribution >= 0.6 is 34.7 Å². The number of benzene rings is 1. The summed E-state index contributed by atoms with van der Waals surface area (Å²) in [5, 5.41) is 11.2. The summed E-state index contributed by atoms with van der Waals surface area (Å²) in [5.41, 5.74) is 1.12. The Bertz CT molecular complexity index is 528. The lowest BCUT2D eigenvalue weighted by molar-refractivity contribution is 0.0697. The summed E-state index contributed by atoms with van der Waals surface area (Å²) in [5.74, 6) is -0.280. The zero-order valence-electron chi connectivity index (χ0n) is 8.59. The Kier molecular flexibility index (Phi) is 4.04. The monoisotopic (exact) mass is 285 g/mol. The third kappa shape index (κ3) is 3.21. The molecule has 3 nitrogen and oxygen atoms in total. The standard InChI is InChI=1S/C11H8ClNO2S2/c12-9-5-7(10(14)15)1-2-8(9)6-17-11-13-3-4-16-11/h1-5H,6H2,(H,14,15). The summed E-state index contributed by atoms with van der Waals surface area (Å²) in [6, 6.07) is 4.78. The Morgan fingerprint density at radius 1 is 1.53 bits per heavy atom. The van der Waals surface area contributed by atoms with Gasteiger partial charge in [0.25, 0.3) is 0 Å². The van der Waals surface area contributed by atoms with Gasteiger partial charge in [-0.2, -0.15) is 0 Å². The van der Waals surface area contributed by atoms with E-state index in [1.54, 1.807) is 41.4 Å². The van der Waals surface area contributed by atoms with Crippen LogP contribution < -0.4 is 0 Å². The molecule has 0 radical (unpaired) electrons. The molecular weight excluding hydrogens is 278 g/mol. The molecular formula is C11H8ClNO2S2. The van der Waals surface area contributed by atoms with E-state index in [-0.39, 0.29) is 5.56 Å². The molecule has 0 aliphatic heterocycles. The Hall–Kier alpha value is -1.04. The number of nitrogens with zero attached hydrogens (tertiary/aromatic N) is 1. The molecule has 1 heterocycles. The minimum Gasteiger partial charge on any atom is -0.478 e. The molecule has 2 aromatic rings. The second kappa shape index (κ2) is 5.53. The minimum absolute atomic E-state index is 0.206. The SMILES string of the molecule is O=C(O)c1ccc(CSc2nccs2)c(Cl)c1. The van der Waals surface area contributed by atoms with Crippen LogP contribution in [0.15, 0.2) is 34.1 Å². The van der Waals surface area contributed by atoms with Gasteiger partial charge in [0.1, 0.15) is 4.34 Å². The Labute approximate surface area is 111 Å². The highest BCUT2D eigenvalue weighted by Gasteiger charge is 2.07. The van der Waals surface area contributed by atoms with Crippen molar-refractivity contribution in [1.29, 1.82) is 0 Å².